The van der Waals surface area contributed by atoms with E-state index in [0.29, 0.717) is 5.56 Å². The van der Waals surface area contributed by atoms with Gasteiger partial charge in [-0.05, 0) is 44.5 Å². The first-order chi connectivity index (χ1) is 11.0. The van der Waals surface area contributed by atoms with Gasteiger partial charge in [-0.15, -0.1) is 0 Å². The highest BCUT2D eigenvalue weighted by atomic mass is 19.1. The molecule has 3 rings (SSSR count). The molecule has 0 unspecified atom stereocenters. The van der Waals surface area contributed by atoms with Gasteiger partial charge in [0.05, 0.1) is 5.69 Å². The van der Waals surface area contributed by atoms with Crippen LogP contribution in [-0.2, 0) is 6.54 Å². The molecule has 1 saturated heterocycles. The summed E-state index contributed by atoms with van der Waals surface area (Å²) in [4.78, 5) is 14.4. The Kier molecular flexibility index (Phi) is 4.43. The number of nitrogens with one attached hydrogen (secondary N) is 1. The van der Waals surface area contributed by atoms with Crippen molar-refractivity contribution in [1.29, 1.82) is 0 Å². The van der Waals surface area contributed by atoms with E-state index >= 15 is 0 Å². The highest BCUT2D eigenvalue weighted by Gasteiger charge is 2.25. The zero-order valence-electron chi connectivity index (χ0n) is 13.3. The fraction of sp³-hybridized carbons (Fsp3) is 0.412. The molecule has 0 saturated carbocycles. The Labute approximate surface area is 134 Å². The molecule has 2 heterocycles. The standard InChI is InChI=1S/C17H20FN3O2/c1-11-16(12(2)23-20-11)10-21-8-7-15(9-21)19-17(22)13-3-5-14(18)6-4-13/h3-6,15H,7-10H2,1-2H3,(H,19,22)/t15-/m0/s1. The summed E-state index contributed by atoms with van der Waals surface area (Å²) in [6.45, 7) is 6.34. The lowest BCUT2D eigenvalue weighted by atomic mass is 10.2. The van der Waals surface area contributed by atoms with Crippen molar-refractivity contribution in [2.24, 2.45) is 0 Å². The molecule has 1 aromatic heterocycles. The predicted octanol–water partition coefficient (Wildman–Crippen LogP) is 2.43. The van der Waals surface area contributed by atoms with Crippen molar-refractivity contribution < 1.29 is 13.7 Å². The number of amides is 1. The summed E-state index contributed by atoms with van der Waals surface area (Å²) in [5.41, 5.74) is 2.52. The summed E-state index contributed by atoms with van der Waals surface area (Å²) in [5.74, 6) is 0.350. The molecule has 5 nitrogen and oxygen atoms in total. The molecule has 0 radical (unpaired) electrons. The Hall–Kier alpha value is -2.21. The minimum absolute atomic E-state index is 0.105. The number of halogens is 1. The monoisotopic (exact) mass is 317 g/mol. The highest BCUT2D eigenvalue weighted by molar-refractivity contribution is 5.94. The van der Waals surface area contributed by atoms with E-state index in [1.54, 1.807) is 0 Å². The average Bonchev–Trinajstić information content (AvgIpc) is 3.09. The van der Waals surface area contributed by atoms with Gasteiger partial charge in [-0.2, -0.15) is 0 Å². The van der Waals surface area contributed by atoms with E-state index in [-0.39, 0.29) is 17.8 Å². The molecule has 23 heavy (non-hydrogen) atoms. The van der Waals surface area contributed by atoms with Gasteiger partial charge in [-0.3, -0.25) is 9.69 Å². The first kappa shape index (κ1) is 15.7. The maximum Gasteiger partial charge on any atom is 0.251 e. The van der Waals surface area contributed by atoms with E-state index in [1.165, 1.54) is 24.3 Å². The van der Waals surface area contributed by atoms with Gasteiger partial charge in [0.2, 0.25) is 0 Å². The number of carbonyl (C=O) groups is 1. The lowest BCUT2D eigenvalue weighted by Gasteiger charge is -2.16. The first-order valence-electron chi connectivity index (χ1n) is 7.73. The second-order valence-corrected chi connectivity index (χ2v) is 6.00. The second kappa shape index (κ2) is 6.50. The summed E-state index contributed by atoms with van der Waals surface area (Å²) in [6, 6.07) is 5.70. The SMILES string of the molecule is Cc1noc(C)c1CN1CC[C@H](NC(=O)c2ccc(F)cc2)C1. The average molecular weight is 317 g/mol. The molecule has 122 valence electrons. The van der Waals surface area contributed by atoms with E-state index in [1.807, 2.05) is 13.8 Å². The Balaban J connectivity index is 1.55. The van der Waals surface area contributed by atoms with Gasteiger partial charge in [0.1, 0.15) is 11.6 Å². The molecule has 1 aliphatic rings. The Bertz CT molecular complexity index is 677. The maximum atomic E-state index is 12.9. The van der Waals surface area contributed by atoms with E-state index < -0.39 is 0 Å². The van der Waals surface area contributed by atoms with Crippen molar-refractivity contribution in [1.82, 2.24) is 15.4 Å². The summed E-state index contributed by atoms with van der Waals surface area (Å²) < 4.78 is 18.1. The predicted molar refractivity (Wildman–Crippen MR) is 83.5 cm³/mol. The molecule has 0 aliphatic carbocycles. The number of aryl methyl sites for hydroxylation is 2. The summed E-state index contributed by atoms with van der Waals surface area (Å²) >= 11 is 0. The summed E-state index contributed by atoms with van der Waals surface area (Å²) in [5, 5.41) is 6.98. The zero-order valence-corrected chi connectivity index (χ0v) is 13.3. The van der Waals surface area contributed by atoms with Crippen molar-refractivity contribution in [3.8, 4) is 0 Å². The van der Waals surface area contributed by atoms with Crippen LogP contribution in [0.15, 0.2) is 28.8 Å². The molecule has 1 aromatic carbocycles. The van der Waals surface area contributed by atoms with Crippen LogP contribution in [0.25, 0.3) is 0 Å². The molecule has 1 amide bonds. The smallest absolute Gasteiger partial charge is 0.251 e. The maximum absolute atomic E-state index is 12.9. The molecule has 1 aliphatic heterocycles. The van der Waals surface area contributed by atoms with Crippen LogP contribution in [-0.4, -0.2) is 35.1 Å². The highest BCUT2D eigenvalue weighted by Crippen LogP contribution is 2.19. The fourth-order valence-corrected chi connectivity index (χ4v) is 2.92. The number of likely N-dealkylation sites (tertiary alicyclic amines) is 1. The normalized spacial score (nSPS) is 18.3. The lowest BCUT2D eigenvalue weighted by molar-refractivity contribution is 0.0937. The number of hydrogen-bond acceptors (Lipinski definition) is 4. The minimum Gasteiger partial charge on any atom is -0.361 e. The lowest BCUT2D eigenvalue weighted by Crippen LogP contribution is -2.37. The van der Waals surface area contributed by atoms with E-state index in [4.69, 9.17) is 4.52 Å². The number of rotatable bonds is 4. The van der Waals surface area contributed by atoms with Crippen LogP contribution < -0.4 is 5.32 Å². The fourth-order valence-electron chi connectivity index (χ4n) is 2.92. The molecular weight excluding hydrogens is 297 g/mol. The van der Waals surface area contributed by atoms with E-state index in [2.05, 4.69) is 15.4 Å². The van der Waals surface area contributed by atoms with Gasteiger partial charge in [0.25, 0.3) is 5.91 Å². The molecule has 1 atom stereocenters. The number of hydrogen-bond donors (Lipinski definition) is 1. The molecule has 2 aromatic rings. The van der Waals surface area contributed by atoms with Crippen molar-refractivity contribution in [2.45, 2.75) is 32.9 Å². The van der Waals surface area contributed by atoms with Gasteiger partial charge in [-0.1, -0.05) is 5.16 Å². The first-order valence-corrected chi connectivity index (χ1v) is 7.73. The molecular formula is C17H20FN3O2. The third kappa shape index (κ3) is 3.59. The second-order valence-electron chi connectivity index (χ2n) is 6.00. The van der Waals surface area contributed by atoms with Gasteiger partial charge >= 0.3 is 0 Å². The van der Waals surface area contributed by atoms with Crippen LogP contribution in [0.2, 0.25) is 0 Å². The summed E-state index contributed by atoms with van der Waals surface area (Å²) in [6.07, 6.45) is 0.899. The van der Waals surface area contributed by atoms with Crippen molar-refractivity contribution in [3.63, 3.8) is 0 Å². The van der Waals surface area contributed by atoms with Crippen LogP contribution in [0.4, 0.5) is 4.39 Å². The number of benzene rings is 1. The minimum atomic E-state index is -0.340. The zero-order chi connectivity index (χ0) is 16.4. The Morgan fingerprint density at radius 2 is 2.13 bits per heavy atom. The quantitative estimate of drug-likeness (QED) is 0.941. The van der Waals surface area contributed by atoms with Crippen LogP contribution in [0.5, 0.6) is 0 Å². The third-order valence-corrected chi connectivity index (χ3v) is 4.28. The van der Waals surface area contributed by atoms with Gasteiger partial charge in [0.15, 0.2) is 0 Å². The van der Waals surface area contributed by atoms with Gasteiger partial charge in [0, 0.05) is 36.8 Å². The van der Waals surface area contributed by atoms with E-state index in [9.17, 15) is 9.18 Å². The van der Waals surface area contributed by atoms with Crippen LogP contribution in [0, 0.1) is 19.7 Å². The molecule has 0 spiro atoms. The topological polar surface area (TPSA) is 58.4 Å². The van der Waals surface area contributed by atoms with Gasteiger partial charge in [-0.25, -0.2) is 4.39 Å². The summed E-state index contributed by atoms with van der Waals surface area (Å²) in [7, 11) is 0. The van der Waals surface area contributed by atoms with Crippen LogP contribution in [0.1, 0.15) is 33.8 Å². The van der Waals surface area contributed by atoms with Crippen LogP contribution in [0.3, 0.4) is 0 Å². The Morgan fingerprint density at radius 3 is 2.78 bits per heavy atom. The number of carbonyl (C=O) groups excluding carboxylic acids is 1. The molecule has 1 N–H and O–H groups in total. The number of aromatic nitrogens is 1. The molecule has 6 heteroatoms. The Morgan fingerprint density at radius 1 is 1.39 bits per heavy atom. The third-order valence-electron chi connectivity index (χ3n) is 4.28. The van der Waals surface area contributed by atoms with Crippen molar-refractivity contribution in [2.75, 3.05) is 13.1 Å². The van der Waals surface area contributed by atoms with Gasteiger partial charge < -0.3 is 9.84 Å². The largest absolute Gasteiger partial charge is 0.361 e. The van der Waals surface area contributed by atoms with Crippen LogP contribution >= 0.6 is 0 Å². The van der Waals surface area contributed by atoms with Crippen molar-refractivity contribution in [3.05, 3.63) is 52.7 Å². The number of nitrogens with zero attached hydrogens (tertiary/aromatic N) is 2. The van der Waals surface area contributed by atoms with E-state index in [0.717, 1.165) is 43.1 Å². The molecule has 0 bridgehead atoms. The van der Waals surface area contributed by atoms with Crippen molar-refractivity contribution >= 4 is 5.91 Å². The molecule has 1 fully saturated rings.